The molecule has 1 saturated heterocycles. The van der Waals surface area contributed by atoms with Gasteiger partial charge < -0.3 is 15.0 Å². The van der Waals surface area contributed by atoms with Gasteiger partial charge >= 0.3 is 0 Å². The molecule has 9 heteroatoms. The summed E-state index contributed by atoms with van der Waals surface area (Å²) in [7, 11) is 0. The van der Waals surface area contributed by atoms with Crippen LogP contribution in [-0.2, 0) is 11.3 Å². The molecule has 5 rings (SSSR count). The highest BCUT2D eigenvalue weighted by atomic mass is 32.2. The molecular weight excluding hydrogens is 398 g/mol. The van der Waals surface area contributed by atoms with Crippen LogP contribution in [0.15, 0.2) is 53.7 Å². The number of imidazole rings is 1. The summed E-state index contributed by atoms with van der Waals surface area (Å²) >= 11 is 1.72. The van der Waals surface area contributed by atoms with Gasteiger partial charge in [0.2, 0.25) is 0 Å². The van der Waals surface area contributed by atoms with Gasteiger partial charge in [0.25, 0.3) is 0 Å². The van der Waals surface area contributed by atoms with Gasteiger partial charge in [-0.25, -0.2) is 9.67 Å². The molecule has 0 spiro atoms. The smallest absolute Gasteiger partial charge is 0.178 e. The van der Waals surface area contributed by atoms with E-state index < -0.39 is 0 Å². The Balaban J connectivity index is 1.50. The third kappa shape index (κ3) is 3.90. The van der Waals surface area contributed by atoms with Gasteiger partial charge in [-0.1, -0.05) is 12.1 Å². The molecule has 0 radical (unpaired) electrons. The molecule has 154 valence electrons. The summed E-state index contributed by atoms with van der Waals surface area (Å²) in [5, 5.41) is 16.2. The molecule has 30 heavy (non-hydrogen) atoms. The lowest BCUT2D eigenvalue weighted by Crippen LogP contribution is -2.23. The zero-order chi connectivity index (χ0) is 20.3. The number of ether oxygens (including phenoxy) is 1. The van der Waals surface area contributed by atoms with E-state index in [9.17, 15) is 0 Å². The van der Waals surface area contributed by atoms with Crippen LogP contribution in [-0.4, -0.2) is 49.1 Å². The van der Waals surface area contributed by atoms with E-state index in [0.29, 0.717) is 6.54 Å². The molecule has 2 unspecified atom stereocenters. The minimum absolute atomic E-state index is 0.159. The second kappa shape index (κ2) is 8.45. The highest BCUT2D eigenvalue weighted by molar-refractivity contribution is 7.98. The number of thioether (sulfide) groups is 1. The molecule has 4 aromatic rings. The molecule has 1 fully saturated rings. The van der Waals surface area contributed by atoms with E-state index in [-0.39, 0.29) is 12.1 Å². The third-order valence-electron chi connectivity index (χ3n) is 5.40. The van der Waals surface area contributed by atoms with Crippen molar-refractivity contribution in [1.82, 2.24) is 30.2 Å². The number of nitrogens with one attached hydrogen (secondary N) is 2. The van der Waals surface area contributed by atoms with Crippen molar-refractivity contribution in [3.63, 3.8) is 0 Å². The second-order valence-electron chi connectivity index (χ2n) is 7.34. The van der Waals surface area contributed by atoms with Crippen LogP contribution >= 0.6 is 11.8 Å². The van der Waals surface area contributed by atoms with Gasteiger partial charge in [-0.05, 0) is 65.4 Å². The number of aromatic amines is 1. The first-order valence-electron chi connectivity index (χ1n) is 10.0. The Labute approximate surface area is 178 Å². The molecule has 0 aliphatic carbocycles. The number of H-pyrrole nitrogens is 1. The molecule has 2 atom stereocenters. The summed E-state index contributed by atoms with van der Waals surface area (Å²) in [6, 6.07) is 14.4. The number of benzene rings is 2. The van der Waals surface area contributed by atoms with E-state index in [1.807, 2.05) is 22.9 Å². The minimum Gasteiger partial charge on any atom is -0.376 e. The number of hydrogen-bond acceptors (Lipinski definition) is 7. The molecule has 1 aliphatic heterocycles. The molecule has 2 aromatic carbocycles. The number of rotatable bonds is 7. The maximum Gasteiger partial charge on any atom is 0.178 e. The first kappa shape index (κ1) is 19.1. The molecule has 2 aromatic heterocycles. The Morgan fingerprint density at radius 3 is 2.97 bits per heavy atom. The topological polar surface area (TPSA) is 93.5 Å². The molecule has 2 N–H and O–H groups in total. The predicted octanol–water partition coefficient (Wildman–Crippen LogP) is 3.65. The van der Waals surface area contributed by atoms with Crippen molar-refractivity contribution < 1.29 is 4.74 Å². The van der Waals surface area contributed by atoms with Gasteiger partial charge in [-0.3, -0.25) is 0 Å². The second-order valence-corrected chi connectivity index (χ2v) is 8.22. The average molecular weight is 422 g/mol. The van der Waals surface area contributed by atoms with Gasteiger partial charge in [0.1, 0.15) is 6.04 Å². The number of fused-ring (bicyclic) bond motifs is 1. The normalized spacial score (nSPS) is 17.4. The highest BCUT2D eigenvalue weighted by Gasteiger charge is 2.25. The van der Waals surface area contributed by atoms with Crippen LogP contribution in [0.2, 0.25) is 0 Å². The Kier molecular flexibility index (Phi) is 5.37. The summed E-state index contributed by atoms with van der Waals surface area (Å²) in [4.78, 5) is 8.72. The van der Waals surface area contributed by atoms with Crippen molar-refractivity contribution >= 4 is 28.5 Å². The summed E-state index contributed by atoms with van der Waals surface area (Å²) < 4.78 is 7.67. The van der Waals surface area contributed by atoms with Gasteiger partial charge in [0.05, 0.1) is 30.0 Å². The fourth-order valence-electron chi connectivity index (χ4n) is 3.81. The van der Waals surface area contributed by atoms with Crippen LogP contribution in [0, 0.1) is 0 Å². The molecular formula is C21H23N7OS. The molecule has 1 aliphatic rings. The molecule has 0 bridgehead atoms. The molecule has 0 amide bonds. The van der Waals surface area contributed by atoms with Crippen LogP contribution < -0.4 is 5.32 Å². The highest BCUT2D eigenvalue weighted by Crippen LogP contribution is 2.28. The fraction of sp³-hybridized carbons (Fsp3) is 0.333. The van der Waals surface area contributed by atoms with E-state index >= 15 is 0 Å². The van der Waals surface area contributed by atoms with Crippen molar-refractivity contribution in [3.05, 3.63) is 60.2 Å². The first-order chi connectivity index (χ1) is 14.8. The van der Waals surface area contributed by atoms with Crippen LogP contribution in [0.3, 0.4) is 0 Å². The summed E-state index contributed by atoms with van der Waals surface area (Å²) in [5.74, 6) is 0.768. The maximum atomic E-state index is 5.80. The quantitative estimate of drug-likeness (QED) is 0.440. The van der Waals surface area contributed by atoms with Gasteiger partial charge in [-0.15, -0.1) is 16.9 Å². The van der Waals surface area contributed by atoms with Crippen LogP contribution in [0.5, 0.6) is 0 Å². The SMILES string of the molecule is CSc1ccc(C(Nc2ccc3[nH]cnc3c2)c2nnnn2CC2CCCO2)cc1. The lowest BCUT2D eigenvalue weighted by molar-refractivity contribution is 0.0925. The van der Waals surface area contributed by atoms with Gasteiger partial charge in [0, 0.05) is 17.2 Å². The standard InChI is InChI=1S/C21H23N7OS/c1-30-17-7-4-14(5-8-17)20(24-15-6-9-18-19(11-15)23-13-22-18)21-25-26-27-28(21)12-16-3-2-10-29-16/h4-9,11,13,16,20,24H,2-3,10,12H2,1H3,(H,22,23). The Morgan fingerprint density at radius 2 is 2.17 bits per heavy atom. The van der Waals surface area contributed by atoms with Crippen LogP contribution in [0.1, 0.15) is 30.3 Å². The van der Waals surface area contributed by atoms with Crippen molar-refractivity contribution in [3.8, 4) is 0 Å². The van der Waals surface area contributed by atoms with Crippen molar-refractivity contribution in [2.24, 2.45) is 0 Å². The third-order valence-corrected chi connectivity index (χ3v) is 6.14. The Morgan fingerprint density at radius 1 is 1.27 bits per heavy atom. The molecule has 3 heterocycles. The van der Waals surface area contributed by atoms with E-state index in [0.717, 1.165) is 47.6 Å². The lowest BCUT2D eigenvalue weighted by Gasteiger charge is -2.21. The average Bonchev–Trinajstić information content (AvgIpc) is 3.54. The van der Waals surface area contributed by atoms with E-state index in [4.69, 9.17) is 4.74 Å². The zero-order valence-corrected chi connectivity index (χ0v) is 17.5. The zero-order valence-electron chi connectivity index (χ0n) is 16.7. The number of nitrogens with zero attached hydrogens (tertiary/aromatic N) is 5. The van der Waals surface area contributed by atoms with Crippen molar-refractivity contribution in [1.29, 1.82) is 0 Å². The van der Waals surface area contributed by atoms with Gasteiger partial charge in [0.15, 0.2) is 5.82 Å². The van der Waals surface area contributed by atoms with Crippen LogP contribution in [0.25, 0.3) is 11.0 Å². The number of anilines is 1. The number of tetrazole rings is 1. The lowest BCUT2D eigenvalue weighted by atomic mass is 10.1. The number of aromatic nitrogens is 6. The summed E-state index contributed by atoms with van der Waals surface area (Å²) in [6.45, 7) is 1.46. The largest absolute Gasteiger partial charge is 0.376 e. The van der Waals surface area contributed by atoms with E-state index in [1.54, 1.807) is 18.1 Å². The Bertz CT molecular complexity index is 1120. The molecule has 0 saturated carbocycles. The Hall–Kier alpha value is -2.91. The van der Waals surface area contributed by atoms with E-state index in [2.05, 4.69) is 61.3 Å². The van der Waals surface area contributed by atoms with Crippen LogP contribution in [0.4, 0.5) is 5.69 Å². The monoisotopic (exact) mass is 421 g/mol. The number of hydrogen-bond donors (Lipinski definition) is 2. The maximum absolute atomic E-state index is 5.80. The fourth-order valence-corrected chi connectivity index (χ4v) is 4.22. The minimum atomic E-state index is -0.200. The summed E-state index contributed by atoms with van der Waals surface area (Å²) in [5.41, 5.74) is 3.97. The van der Waals surface area contributed by atoms with Crippen molar-refractivity contribution in [2.75, 3.05) is 18.2 Å². The first-order valence-corrected chi connectivity index (χ1v) is 11.2. The summed E-state index contributed by atoms with van der Waals surface area (Å²) in [6.07, 6.45) is 6.06. The van der Waals surface area contributed by atoms with Gasteiger partial charge in [-0.2, -0.15) is 0 Å². The predicted molar refractivity (Wildman–Crippen MR) is 117 cm³/mol. The van der Waals surface area contributed by atoms with Crippen molar-refractivity contribution in [2.45, 2.75) is 36.4 Å². The molecule has 8 nitrogen and oxygen atoms in total. The van der Waals surface area contributed by atoms with E-state index in [1.165, 1.54) is 4.90 Å².